The number of azide groups is 1. The van der Waals surface area contributed by atoms with Crippen molar-refractivity contribution in [2.75, 3.05) is 0 Å². The zero-order chi connectivity index (χ0) is 10.7. The van der Waals surface area contributed by atoms with E-state index >= 15 is 0 Å². The first-order valence-electron chi connectivity index (χ1n) is 4.27. The fourth-order valence-corrected chi connectivity index (χ4v) is 1.31. The van der Waals surface area contributed by atoms with Crippen molar-refractivity contribution in [2.24, 2.45) is 5.11 Å². The second-order valence-corrected chi connectivity index (χ2v) is 2.97. The largest absolute Gasteiger partial charge is 0.306 e. The molecule has 6 nitrogen and oxygen atoms in total. The molecule has 2 aromatic heterocycles. The monoisotopic (exact) mass is 201 g/mol. The number of aromatic nitrogens is 2. The van der Waals surface area contributed by atoms with Crippen molar-refractivity contribution in [3.63, 3.8) is 0 Å². The minimum atomic E-state index is 0.217. The van der Waals surface area contributed by atoms with Crippen molar-refractivity contribution in [2.45, 2.75) is 6.54 Å². The number of imidazole rings is 1. The van der Waals surface area contributed by atoms with Gasteiger partial charge in [-0.1, -0.05) is 5.11 Å². The van der Waals surface area contributed by atoms with Crippen LogP contribution < -0.4 is 0 Å². The highest BCUT2D eigenvalue weighted by Crippen LogP contribution is 2.07. The number of rotatable bonds is 3. The molecule has 2 rings (SSSR count). The number of fused-ring (bicyclic) bond motifs is 1. The van der Waals surface area contributed by atoms with E-state index in [1.807, 2.05) is 0 Å². The molecule has 2 aromatic rings. The Morgan fingerprint density at radius 3 is 3.13 bits per heavy atom. The van der Waals surface area contributed by atoms with Crippen molar-refractivity contribution >= 4 is 11.9 Å². The number of pyridine rings is 1. The predicted molar refractivity (Wildman–Crippen MR) is 53.4 cm³/mol. The number of carbonyl (C=O) groups excluding carboxylic acids is 1. The first kappa shape index (κ1) is 9.23. The predicted octanol–water partition coefficient (Wildman–Crippen LogP) is 1.96. The van der Waals surface area contributed by atoms with Gasteiger partial charge in [0.2, 0.25) is 0 Å². The summed E-state index contributed by atoms with van der Waals surface area (Å²) in [6.45, 7) is 0.217. The maximum Gasteiger partial charge on any atom is 0.151 e. The third kappa shape index (κ3) is 1.79. The Morgan fingerprint density at radius 2 is 2.40 bits per heavy atom. The van der Waals surface area contributed by atoms with E-state index in [4.69, 9.17) is 5.53 Å². The molecule has 2 heterocycles. The Labute approximate surface area is 84.8 Å². The van der Waals surface area contributed by atoms with Crippen LogP contribution in [0.3, 0.4) is 0 Å². The molecule has 0 aliphatic heterocycles. The number of aldehydes is 1. The average Bonchev–Trinajstić information content (AvgIpc) is 2.67. The molecule has 0 saturated heterocycles. The Balaban J connectivity index is 2.45. The van der Waals surface area contributed by atoms with Gasteiger partial charge < -0.3 is 4.40 Å². The maximum absolute atomic E-state index is 10.5. The van der Waals surface area contributed by atoms with Gasteiger partial charge >= 0.3 is 0 Å². The lowest BCUT2D eigenvalue weighted by molar-refractivity contribution is 0.112. The highest BCUT2D eigenvalue weighted by Gasteiger charge is 2.00. The average molecular weight is 201 g/mol. The molecule has 0 fully saturated rings. The van der Waals surface area contributed by atoms with Crippen LogP contribution >= 0.6 is 0 Å². The third-order valence-corrected chi connectivity index (χ3v) is 1.96. The number of carbonyl (C=O) groups is 1. The summed E-state index contributed by atoms with van der Waals surface area (Å²) in [6, 6.07) is 3.43. The number of hydrogen-bond acceptors (Lipinski definition) is 3. The molecule has 0 aromatic carbocycles. The van der Waals surface area contributed by atoms with Crippen LogP contribution in [0.5, 0.6) is 0 Å². The van der Waals surface area contributed by atoms with Gasteiger partial charge in [0.25, 0.3) is 0 Å². The van der Waals surface area contributed by atoms with Crippen molar-refractivity contribution in [1.29, 1.82) is 0 Å². The van der Waals surface area contributed by atoms with Crippen molar-refractivity contribution in [3.8, 4) is 0 Å². The Bertz CT molecular complexity index is 553. The molecule has 0 amide bonds. The van der Waals surface area contributed by atoms with E-state index in [0.29, 0.717) is 11.3 Å². The summed E-state index contributed by atoms with van der Waals surface area (Å²) in [5, 5.41) is 3.42. The minimum Gasteiger partial charge on any atom is -0.306 e. The first-order chi connectivity index (χ1) is 7.33. The van der Waals surface area contributed by atoms with Crippen LogP contribution in [-0.2, 0) is 6.54 Å². The van der Waals surface area contributed by atoms with Crippen LogP contribution in [0.2, 0.25) is 0 Å². The molecular formula is C9H7N5O. The second kappa shape index (κ2) is 3.81. The molecule has 0 aliphatic rings. The molecule has 15 heavy (non-hydrogen) atoms. The zero-order valence-corrected chi connectivity index (χ0v) is 7.74. The molecule has 0 bridgehead atoms. The number of nitrogens with zero attached hydrogens (tertiary/aromatic N) is 5. The van der Waals surface area contributed by atoms with Crippen LogP contribution in [0.15, 0.2) is 29.6 Å². The second-order valence-electron chi connectivity index (χ2n) is 2.97. The lowest BCUT2D eigenvalue weighted by Gasteiger charge is -1.92. The normalized spacial score (nSPS) is 9.87. The lowest BCUT2D eigenvalue weighted by Crippen LogP contribution is -1.86. The molecule has 0 radical (unpaired) electrons. The third-order valence-electron chi connectivity index (χ3n) is 1.96. The fraction of sp³-hybridized carbons (Fsp3) is 0.111. The lowest BCUT2D eigenvalue weighted by atomic mass is 10.3. The van der Waals surface area contributed by atoms with E-state index in [1.165, 1.54) is 0 Å². The van der Waals surface area contributed by atoms with Gasteiger partial charge in [-0.2, -0.15) is 0 Å². The summed E-state index contributed by atoms with van der Waals surface area (Å²) >= 11 is 0. The van der Waals surface area contributed by atoms with E-state index in [-0.39, 0.29) is 6.54 Å². The van der Waals surface area contributed by atoms with E-state index in [0.717, 1.165) is 11.9 Å². The molecule has 74 valence electrons. The highest BCUT2D eigenvalue weighted by molar-refractivity contribution is 5.74. The molecule has 6 heteroatoms. The van der Waals surface area contributed by atoms with Crippen LogP contribution in [0.25, 0.3) is 16.1 Å². The van der Waals surface area contributed by atoms with Gasteiger partial charge in [-0.25, -0.2) is 4.98 Å². The van der Waals surface area contributed by atoms with Gasteiger partial charge in [-0.3, -0.25) is 4.79 Å². The van der Waals surface area contributed by atoms with Gasteiger partial charge in [-0.15, -0.1) is 0 Å². The summed E-state index contributed by atoms with van der Waals surface area (Å²) in [4.78, 5) is 17.4. The summed E-state index contributed by atoms with van der Waals surface area (Å²) < 4.78 is 1.73. The SMILES string of the molecule is [N-]=[N+]=NCc1cn2cc(C=O)ccc2n1. The molecule has 0 atom stereocenters. The van der Waals surface area contributed by atoms with E-state index < -0.39 is 0 Å². The van der Waals surface area contributed by atoms with Crippen LogP contribution in [0, 0.1) is 0 Å². The molecule has 0 unspecified atom stereocenters. The van der Waals surface area contributed by atoms with Crippen molar-refractivity contribution in [1.82, 2.24) is 9.38 Å². The highest BCUT2D eigenvalue weighted by atomic mass is 16.1. The molecule has 0 spiro atoms. The van der Waals surface area contributed by atoms with Crippen LogP contribution in [-0.4, -0.2) is 15.7 Å². The van der Waals surface area contributed by atoms with Crippen molar-refractivity contribution in [3.05, 3.63) is 46.2 Å². The van der Waals surface area contributed by atoms with Gasteiger partial charge in [-0.05, 0) is 17.7 Å². The topological polar surface area (TPSA) is 83.1 Å². The van der Waals surface area contributed by atoms with Gasteiger partial charge in [0, 0.05) is 22.9 Å². The smallest absolute Gasteiger partial charge is 0.151 e. The maximum atomic E-state index is 10.5. The fourth-order valence-electron chi connectivity index (χ4n) is 1.31. The van der Waals surface area contributed by atoms with Crippen molar-refractivity contribution < 1.29 is 4.79 Å². The van der Waals surface area contributed by atoms with E-state index in [1.54, 1.807) is 28.9 Å². The Morgan fingerprint density at radius 1 is 1.53 bits per heavy atom. The zero-order valence-electron chi connectivity index (χ0n) is 7.74. The Kier molecular flexibility index (Phi) is 2.35. The van der Waals surface area contributed by atoms with Crippen LogP contribution in [0.1, 0.15) is 16.1 Å². The summed E-state index contributed by atoms with van der Waals surface area (Å²) in [7, 11) is 0. The summed E-state index contributed by atoms with van der Waals surface area (Å²) in [6.07, 6.45) is 4.18. The standard InChI is InChI=1S/C9H7N5O/c10-13-11-3-8-5-14-4-7(6-15)1-2-9(14)12-8/h1-2,4-6H,3H2. The summed E-state index contributed by atoms with van der Waals surface area (Å²) in [5.41, 5.74) is 10.1. The van der Waals surface area contributed by atoms with E-state index in [2.05, 4.69) is 15.0 Å². The first-order valence-corrected chi connectivity index (χ1v) is 4.27. The van der Waals surface area contributed by atoms with Gasteiger partial charge in [0.05, 0.1) is 12.2 Å². The molecular weight excluding hydrogens is 194 g/mol. The van der Waals surface area contributed by atoms with Gasteiger partial charge in [0.15, 0.2) is 6.29 Å². The van der Waals surface area contributed by atoms with E-state index in [9.17, 15) is 4.79 Å². The quantitative estimate of drug-likeness (QED) is 0.329. The molecule has 0 N–H and O–H groups in total. The van der Waals surface area contributed by atoms with Gasteiger partial charge in [0.1, 0.15) is 5.65 Å². The molecule has 0 saturated carbocycles. The van der Waals surface area contributed by atoms with Crippen LogP contribution in [0.4, 0.5) is 0 Å². The Hall–Kier alpha value is -2.33. The molecule has 0 aliphatic carbocycles. The number of hydrogen-bond donors (Lipinski definition) is 0. The minimum absolute atomic E-state index is 0.217. The summed E-state index contributed by atoms with van der Waals surface area (Å²) in [5.74, 6) is 0.